The Labute approximate surface area is 140 Å². The second kappa shape index (κ2) is 7.68. The summed E-state index contributed by atoms with van der Waals surface area (Å²) in [6, 6.07) is 11.6. The second-order valence-corrected chi connectivity index (χ2v) is 6.07. The summed E-state index contributed by atoms with van der Waals surface area (Å²) in [4.78, 5) is 16.2. The molecule has 120 valence electrons. The van der Waals surface area contributed by atoms with E-state index in [4.69, 9.17) is 16.3 Å². The molecule has 0 radical (unpaired) electrons. The molecule has 23 heavy (non-hydrogen) atoms. The van der Waals surface area contributed by atoms with Gasteiger partial charge in [-0.2, -0.15) is 0 Å². The molecule has 0 amide bonds. The summed E-state index contributed by atoms with van der Waals surface area (Å²) in [6.07, 6.45) is 2.55. The zero-order chi connectivity index (χ0) is 16.1. The number of ether oxygens (including phenoxy) is 1. The van der Waals surface area contributed by atoms with Gasteiger partial charge in [0.2, 0.25) is 0 Å². The third kappa shape index (κ3) is 4.61. The molecule has 1 aliphatic rings. The molecule has 0 aliphatic carbocycles. The van der Waals surface area contributed by atoms with Crippen LogP contribution in [-0.4, -0.2) is 30.5 Å². The van der Waals surface area contributed by atoms with Crippen LogP contribution in [0.25, 0.3) is 0 Å². The lowest BCUT2D eigenvalue weighted by Gasteiger charge is -2.24. The van der Waals surface area contributed by atoms with Crippen molar-refractivity contribution in [3.8, 4) is 0 Å². The van der Waals surface area contributed by atoms with Gasteiger partial charge < -0.3 is 10.1 Å². The number of aromatic nitrogens is 1. The van der Waals surface area contributed by atoms with E-state index in [2.05, 4.69) is 10.3 Å². The van der Waals surface area contributed by atoms with Gasteiger partial charge in [0.05, 0.1) is 12.7 Å². The highest BCUT2D eigenvalue weighted by molar-refractivity contribution is 6.29. The van der Waals surface area contributed by atoms with Crippen LogP contribution in [0, 0.1) is 0 Å². The topological polar surface area (TPSA) is 51.2 Å². The molecule has 1 aromatic heterocycles. The van der Waals surface area contributed by atoms with E-state index in [1.807, 2.05) is 30.3 Å². The lowest BCUT2D eigenvalue weighted by atomic mass is 10.0. The average Bonchev–Trinajstić information content (AvgIpc) is 2.58. The zero-order valence-corrected chi connectivity index (χ0v) is 13.6. The SMILES string of the molecule is O=C(Cc1ccc(C2CNCCO2)cc1)Cc1ccc(Cl)nc1. The predicted octanol–water partition coefficient (Wildman–Crippen LogP) is 2.75. The van der Waals surface area contributed by atoms with Crippen molar-refractivity contribution < 1.29 is 9.53 Å². The molecule has 0 spiro atoms. The van der Waals surface area contributed by atoms with Crippen molar-refractivity contribution in [2.75, 3.05) is 19.7 Å². The van der Waals surface area contributed by atoms with Crippen LogP contribution >= 0.6 is 11.6 Å². The molecule has 0 bridgehead atoms. The number of morpholine rings is 1. The van der Waals surface area contributed by atoms with Crippen LogP contribution in [0.1, 0.15) is 22.8 Å². The number of rotatable bonds is 5. The quantitative estimate of drug-likeness (QED) is 0.856. The van der Waals surface area contributed by atoms with Crippen LogP contribution in [0.15, 0.2) is 42.6 Å². The molecule has 1 saturated heterocycles. The van der Waals surface area contributed by atoms with E-state index in [0.717, 1.165) is 36.4 Å². The number of hydrogen-bond acceptors (Lipinski definition) is 4. The molecule has 1 aliphatic heterocycles. The Morgan fingerprint density at radius 3 is 2.57 bits per heavy atom. The highest BCUT2D eigenvalue weighted by atomic mass is 35.5. The predicted molar refractivity (Wildman–Crippen MR) is 89.7 cm³/mol. The summed E-state index contributed by atoms with van der Waals surface area (Å²) in [5.74, 6) is 0.164. The van der Waals surface area contributed by atoms with E-state index in [9.17, 15) is 4.79 Å². The van der Waals surface area contributed by atoms with E-state index < -0.39 is 0 Å². The molecular formula is C18H19ClN2O2. The Bertz CT molecular complexity index is 650. The van der Waals surface area contributed by atoms with E-state index in [-0.39, 0.29) is 11.9 Å². The molecule has 4 nitrogen and oxygen atoms in total. The average molecular weight is 331 g/mol. The van der Waals surface area contributed by atoms with Crippen molar-refractivity contribution in [1.82, 2.24) is 10.3 Å². The molecular weight excluding hydrogens is 312 g/mol. The summed E-state index contributed by atoms with van der Waals surface area (Å²) < 4.78 is 5.73. The Hall–Kier alpha value is -1.75. The lowest BCUT2D eigenvalue weighted by molar-refractivity contribution is -0.117. The Kier molecular flexibility index (Phi) is 5.39. The van der Waals surface area contributed by atoms with E-state index in [1.54, 1.807) is 12.3 Å². The molecule has 1 atom stereocenters. The summed E-state index contributed by atoms with van der Waals surface area (Å²) in [6.45, 7) is 2.48. The number of nitrogens with zero attached hydrogens (tertiary/aromatic N) is 1. The van der Waals surface area contributed by atoms with Crippen molar-refractivity contribution in [2.45, 2.75) is 18.9 Å². The summed E-state index contributed by atoms with van der Waals surface area (Å²) >= 11 is 5.75. The number of halogens is 1. The maximum atomic E-state index is 12.2. The summed E-state index contributed by atoms with van der Waals surface area (Å²) in [5.41, 5.74) is 3.05. The van der Waals surface area contributed by atoms with Crippen molar-refractivity contribution in [2.24, 2.45) is 0 Å². The van der Waals surface area contributed by atoms with Crippen molar-refractivity contribution in [1.29, 1.82) is 0 Å². The molecule has 3 rings (SSSR count). The number of hydrogen-bond donors (Lipinski definition) is 1. The molecule has 0 saturated carbocycles. The largest absolute Gasteiger partial charge is 0.371 e. The number of pyridine rings is 1. The van der Waals surface area contributed by atoms with Crippen LogP contribution in [0.2, 0.25) is 5.15 Å². The highest BCUT2D eigenvalue weighted by Crippen LogP contribution is 2.19. The third-order valence-corrected chi connectivity index (χ3v) is 4.09. The van der Waals surface area contributed by atoms with Crippen molar-refractivity contribution >= 4 is 17.4 Å². The zero-order valence-electron chi connectivity index (χ0n) is 12.8. The fraction of sp³-hybridized carbons (Fsp3) is 0.333. The van der Waals surface area contributed by atoms with Gasteiger partial charge in [-0.1, -0.05) is 41.9 Å². The number of benzene rings is 1. The molecule has 2 aromatic rings. The number of ketones is 1. The minimum absolute atomic E-state index is 0.105. The smallest absolute Gasteiger partial charge is 0.141 e. The van der Waals surface area contributed by atoms with Gasteiger partial charge in [0, 0.05) is 32.1 Å². The van der Waals surface area contributed by atoms with Crippen LogP contribution < -0.4 is 5.32 Å². The maximum Gasteiger partial charge on any atom is 0.141 e. The molecule has 1 aromatic carbocycles. The van der Waals surface area contributed by atoms with Gasteiger partial charge in [-0.3, -0.25) is 4.79 Å². The third-order valence-electron chi connectivity index (χ3n) is 3.87. The minimum Gasteiger partial charge on any atom is -0.371 e. The first-order valence-electron chi connectivity index (χ1n) is 7.74. The van der Waals surface area contributed by atoms with Crippen LogP contribution in [-0.2, 0) is 22.4 Å². The second-order valence-electron chi connectivity index (χ2n) is 5.69. The Morgan fingerprint density at radius 2 is 1.91 bits per heavy atom. The van der Waals surface area contributed by atoms with Gasteiger partial charge in [0.25, 0.3) is 0 Å². The van der Waals surface area contributed by atoms with Gasteiger partial charge in [-0.15, -0.1) is 0 Å². The number of Topliss-reactive ketones (excluding diaryl/α,β-unsaturated/α-hetero) is 1. The fourth-order valence-corrected chi connectivity index (χ4v) is 2.77. The maximum absolute atomic E-state index is 12.2. The molecule has 1 fully saturated rings. The van der Waals surface area contributed by atoms with Gasteiger partial charge in [-0.05, 0) is 22.8 Å². The lowest BCUT2D eigenvalue weighted by Crippen LogP contribution is -2.33. The van der Waals surface area contributed by atoms with Gasteiger partial charge >= 0.3 is 0 Å². The minimum atomic E-state index is 0.105. The normalized spacial score (nSPS) is 17.9. The van der Waals surface area contributed by atoms with Crippen molar-refractivity contribution in [3.63, 3.8) is 0 Å². The molecule has 5 heteroatoms. The van der Waals surface area contributed by atoms with Gasteiger partial charge in [0.1, 0.15) is 10.9 Å². The highest BCUT2D eigenvalue weighted by Gasteiger charge is 2.15. The molecule has 2 heterocycles. The van der Waals surface area contributed by atoms with E-state index >= 15 is 0 Å². The number of nitrogens with one attached hydrogen (secondary N) is 1. The van der Waals surface area contributed by atoms with Gasteiger partial charge in [-0.25, -0.2) is 4.98 Å². The van der Waals surface area contributed by atoms with E-state index in [1.165, 1.54) is 0 Å². The number of carbonyl (C=O) groups excluding carboxylic acids is 1. The summed E-state index contributed by atoms with van der Waals surface area (Å²) in [5, 5.41) is 3.76. The molecule has 1 N–H and O–H groups in total. The standard InChI is InChI=1S/C18H19ClN2O2/c19-18-6-3-14(11-21-18)10-16(22)9-13-1-4-15(5-2-13)17-12-20-7-8-23-17/h1-6,11,17,20H,7-10,12H2. The van der Waals surface area contributed by atoms with Crippen molar-refractivity contribution in [3.05, 3.63) is 64.4 Å². The van der Waals surface area contributed by atoms with Crippen LogP contribution in [0.3, 0.4) is 0 Å². The van der Waals surface area contributed by atoms with Gasteiger partial charge in [0.15, 0.2) is 0 Å². The van der Waals surface area contributed by atoms with Crippen LogP contribution in [0.4, 0.5) is 0 Å². The Morgan fingerprint density at radius 1 is 1.17 bits per heavy atom. The Balaban J connectivity index is 1.57. The fourth-order valence-electron chi connectivity index (χ4n) is 2.66. The molecule has 1 unspecified atom stereocenters. The first kappa shape index (κ1) is 16.1. The first-order chi connectivity index (χ1) is 11.2. The van der Waals surface area contributed by atoms with E-state index in [0.29, 0.717) is 18.0 Å². The first-order valence-corrected chi connectivity index (χ1v) is 8.12. The monoisotopic (exact) mass is 330 g/mol. The number of carbonyl (C=O) groups is 1. The summed E-state index contributed by atoms with van der Waals surface area (Å²) in [7, 11) is 0. The van der Waals surface area contributed by atoms with Crippen LogP contribution in [0.5, 0.6) is 0 Å².